The monoisotopic (exact) mass is 436 g/mol. The highest BCUT2D eigenvalue weighted by Gasteiger charge is 2.25. The van der Waals surface area contributed by atoms with Crippen molar-refractivity contribution in [3.63, 3.8) is 0 Å². The number of guanidine groups is 1. The summed E-state index contributed by atoms with van der Waals surface area (Å²) in [4.78, 5) is 22.2. The predicted octanol–water partition coefficient (Wildman–Crippen LogP) is 1.06. The topological polar surface area (TPSA) is 95.7 Å². The van der Waals surface area contributed by atoms with Crippen LogP contribution in [0.5, 0.6) is 0 Å². The smallest absolute Gasteiger partial charge is 0.248 e. The number of likely N-dealkylation sites (tertiary alicyclic amines) is 1. The van der Waals surface area contributed by atoms with Crippen LogP contribution in [0.3, 0.4) is 0 Å². The normalized spacial score (nSPS) is 17.8. The molecule has 1 fully saturated rings. The molecule has 2 rings (SSSR count). The van der Waals surface area contributed by atoms with Gasteiger partial charge in [0.05, 0.1) is 0 Å². The second kappa shape index (κ2) is 9.68. The van der Waals surface area contributed by atoms with E-state index in [1.165, 1.54) is 0 Å². The molecule has 0 bridgehead atoms. The van der Waals surface area contributed by atoms with Crippen molar-refractivity contribution >= 4 is 35.8 Å². The molecule has 2 N–H and O–H groups in total. The van der Waals surface area contributed by atoms with Crippen molar-refractivity contribution in [1.29, 1.82) is 0 Å². The van der Waals surface area contributed by atoms with E-state index in [1.807, 2.05) is 18.7 Å². The number of amides is 1. The van der Waals surface area contributed by atoms with Gasteiger partial charge in [0, 0.05) is 32.1 Å². The Morgan fingerprint density at radius 1 is 1.48 bits per heavy atom. The number of nitrogens with one attached hydrogen (secondary N) is 2. The highest BCUT2D eigenvalue weighted by Crippen LogP contribution is 2.10. The molecule has 8 nitrogen and oxygen atoms in total. The third kappa shape index (κ3) is 5.96. The number of carbonyl (C=O) groups is 1. The van der Waals surface area contributed by atoms with Gasteiger partial charge >= 0.3 is 0 Å². The largest absolute Gasteiger partial charge is 0.357 e. The SMILES string of the molecule is CCNC(=NCc1nc(C)no1)NC1CCN(C(=O)CC)C1.I. The molecule has 2 heterocycles. The van der Waals surface area contributed by atoms with E-state index < -0.39 is 0 Å². The molecule has 1 unspecified atom stereocenters. The van der Waals surface area contributed by atoms with Gasteiger partial charge in [-0.15, -0.1) is 24.0 Å². The van der Waals surface area contributed by atoms with Crippen molar-refractivity contribution in [2.75, 3.05) is 19.6 Å². The van der Waals surface area contributed by atoms with E-state index in [-0.39, 0.29) is 35.9 Å². The number of nitrogens with zero attached hydrogens (tertiary/aromatic N) is 4. The number of rotatable bonds is 5. The average molecular weight is 436 g/mol. The van der Waals surface area contributed by atoms with Gasteiger partial charge in [0.25, 0.3) is 0 Å². The lowest BCUT2D eigenvalue weighted by Crippen LogP contribution is -2.45. The van der Waals surface area contributed by atoms with E-state index in [1.54, 1.807) is 6.92 Å². The Morgan fingerprint density at radius 3 is 2.87 bits per heavy atom. The van der Waals surface area contributed by atoms with Crippen LogP contribution in [0.15, 0.2) is 9.52 Å². The van der Waals surface area contributed by atoms with Gasteiger partial charge in [0.2, 0.25) is 11.8 Å². The molecular weight excluding hydrogens is 411 g/mol. The molecule has 1 saturated heterocycles. The van der Waals surface area contributed by atoms with E-state index in [0.29, 0.717) is 30.6 Å². The van der Waals surface area contributed by atoms with Crippen LogP contribution < -0.4 is 10.6 Å². The summed E-state index contributed by atoms with van der Waals surface area (Å²) in [6.45, 7) is 8.29. The molecule has 9 heteroatoms. The van der Waals surface area contributed by atoms with Crippen LogP contribution in [0.2, 0.25) is 0 Å². The zero-order valence-electron chi connectivity index (χ0n) is 13.8. The average Bonchev–Trinajstić information content (AvgIpc) is 3.13. The maximum atomic E-state index is 11.7. The van der Waals surface area contributed by atoms with Gasteiger partial charge in [-0.2, -0.15) is 4.98 Å². The van der Waals surface area contributed by atoms with Crippen molar-refractivity contribution in [2.24, 2.45) is 4.99 Å². The van der Waals surface area contributed by atoms with E-state index in [9.17, 15) is 4.79 Å². The summed E-state index contributed by atoms with van der Waals surface area (Å²) in [5, 5.41) is 10.3. The molecule has 130 valence electrons. The summed E-state index contributed by atoms with van der Waals surface area (Å²) in [6.07, 6.45) is 1.48. The standard InChI is InChI=1S/C14H24N6O2.HI/c1-4-13(21)20-7-6-11(9-20)18-14(15-5-2)16-8-12-17-10(3)19-22-12;/h11H,4-9H2,1-3H3,(H2,15,16,18);1H. The van der Waals surface area contributed by atoms with Crippen LogP contribution >= 0.6 is 24.0 Å². The van der Waals surface area contributed by atoms with Gasteiger partial charge in [0.1, 0.15) is 6.54 Å². The summed E-state index contributed by atoms with van der Waals surface area (Å²) >= 11 is 0. The first-order valence-electron chi connectivity index (χ1n) is 7.74. The quantitative estimate of drug-likeness (QED) is 0.407. The third-order valence-corrected chi connectivity index (χ3v) is 3.47. The van der Waals surface area contributed by atoms with Crippen LogP contribution in [0.25, 0.3) is 0 Å². The van der Waals surface area contributed by atoms with Crippen molar-refractivity contribution in [3.8, 4) is 0 Å². The Hall–Kier alpha value is -1.39. The molecular formula is C14H25IN6O2. The number of aryl methyl sites for hydroxylation is 1. The van der Waals surface area contributed by atoms with Gasteiger partial charge in [0.15, 0.2) is 11.8 Å². The number of carbonyl (C=O) groups excluding carboxylic acids is 1. The van der Waals surface area contributed by atoms with Crippen LogP contribution in [-0.2, 0) is 11.3 Å². The Labute approximate surface area is 153 Å². The van der Waals surface area contributed by atoms with Crippen molar-refractivity contribution in [3.05, 3.63) is 11.7 Å². The minimum Gasteiger partial charge on any atom is -0.357 e. The lowest BCUT2D eigenvalue weighted by molar-refractivity contribution is -0.129. The first-order chi connectivity index (χ1) is 10.6. The Bertz CT molecular complexity index is 533. The molecule has 0 aliphatic carbocycles. The van der Waals surface area contributed by atoms with Gasteiger partial charge in [-0.3, -0.25) is 4.79 Å². The fourth-order valence-corrected chi connectivity index (χ4v) is 2.39. The number of hydrogen-bond donors (Lipinski definition) is 2. The number of hydrogen-bond acceptors (Lipinski definition) is 5. The fourth-order valence-electron chi connectivity index (χ4n) is 2.39. The van der Waals surface area contributed by atoms with E-state index in [4.69, 9.17) is 4.52 Å². The summed E-state index contributed by atoms with van der Waals surface area (Å²) < 4.78 is 5.05. The highest BCUT2D eigenvalue weighted by molar-refractivity contribution is 14.0. The maximum absolute atomic E-state index is 11.7. The molecule has 23 heavy (non-hydrogen) atoms. The van der Waals surface area contributed by atoms with Crippen molar-refractivity contribution < 1.29 is 9.32 Å². The minimum absolute atomic E-state index is 0. The Morgan fingerprint density at radius 2 is 2.26 bits per heavy atom. The zero-order chi connectivity index (χ0) is 15.9. The first-order valence-corrected chi connectivity index (χ1v) is 7.74. The molecule has 0 spiro atoms. The summed E-state index contributed by atoms with van der Waals surface area (Å²) in [6, 6.07) is 0.220. The number of halogens is 1. The summed E-state index contributed by atoms with van der Waals surface area (Å²) in [7, 11) is 0. The number of aromatic nitrogens is 2. The van der Waals surface area contributed by atoms with Crippen LogP contribution in [-0.4, -0.2) is 52.6 Å². The second-order valence-electron chi connectivity index (χ2n) is 5.25. The van der Waals surface area contributed by atoms with Crippen LogP contribution in [0.1, 0.15) is 38.4 Å². The maximum Gasteiger partial charge on any atom is 0.248 e. The number of aliphatic imine (C=N–C) groups is 1. The highest BCUT2D eigenvalue weighted by atomic mass is 127. The zero-order valence-corrected chi connectivity index (χ0v) is 16.2. The molecule has 1 aromatic heterocycles. The molecule has 1 aliphatic rings. The van der Waals surface area contributed by atoms with Crippen LogP contribution in [0, 0.1) is 6.92 Å². The molecule has 0 radical (unpaired) electrons. The lowest BCUT2D eigenvalue weighted by Gasteiger charge is -2.18. The van der Waals surface area contributed by atoms with Gasteiger partial charge < -0.3 is 20.1 Å². The molecule has 1 aromatic rings. The molecule has 0 aromatic carbocycles. The van der Waals surface area contributed by atoms with Gasteiger partial charge in [-0.25, -0.2) is 4.99 Å². The molecule has 1 aliphatic heterocycles. The van der Waals surface area contributed by atoms with Crippen LogP contribution in [0.4, 0.5) is 0 Å². The molecule has 1 amide bonds. The van der Waals surface area contributed by atoms with Gasteiger partial charge in [-0.05, 0) is 20.3 Å². The van der Waals surface area contributed by atoms with Crippen molar-refractivity contribution in [1.82, 2.24) is 25.7 Å². The molecule has 0 saturated carbocycles. The lowest BCUT2D eigenvalue weighted by atomic mass is 10.3. The molecule has 1 atom stereocenters. The Balaban J connectivity index is 0.00000264. The minimum atomic E-state index is 0. The second-order valence-corrected chi connectivity index (χ2v) is 5.25. The van der Waals surface area contributed by atoms with E-state index >= 15 is 0 Å². The van der Waals surface area contributed by atoms with E-state index in [0.717, 1.165) is 26.1 Å². The fraction of sp³-hybridized carbons (Fsp3) is 0.714. The third-order valence-electron chi connectivity index (χ3n) is 3.47. The summed E-state index contributed by atoms with van der Waals surface area (Å²) in [5.74, 6) is 2.00. The van der Waals surface area contributed by atoms with Gasteiger partial charge in [-0.1, -0.05) is 12.1 Å². The van der Waals surface area contributed by atoms with Crippen molar-refractivity contribution in [2.45, 2.75) is 46.2 Å². The van der Waals surface area contributed by atoms with E-state index in [2.05, 4.69) is 25.8 Å². The first kappa shape index (κ1) is 19.7. The Kier molecular flexibility index (Phi) is 8.28. The predicted molar refractivity (Wildman–Crippen MR) is 97.7 cm³/mol. The summed E-state index contributed by atoms with van der Waals surface area (Å²) in [5.41, 5.74) is 0.